The van der Waals surface area contributed by atoms with Crippen LogP contribution < -0.4 is 4.74 Å². The van der Waals surface area contributed by atoms with Gasteiger partial charge in [0.25, 0.3) is 0 Å². The monoisotopic (exact) mass is 499 g/mol. The van der Waals surface area contributed by atoms with Crippen LogP contribution in [0.3, 0.4) is 0 Å². The number of benzene rings is 2. The maximum Gasteiger partial charge on any atom is 0.416 e. The number of amides is 1. The number of rotatable bonds is 2. The van der Waals surface area contributed by atoms with Crippen LogP contribution in [0.5, 0.6) is 11.5 Å². The van der Waals surface area contributed by atoms with Gasteiger partial charge in [-0.15, -0.1) is 11.3 Å². The number of piperazine rings is 1. The Morgan fingerprint density at radius 1 is 1.14 bits per heavy atom. The minimum absolute atomic E-state index is 0.0714. The Hall–Kier alpha value is -3.33. The van der Waals surface area contributed by atoms with E-state index in [1.54, 1.807) is 11.3 Å². The van der Waals surface area contributed by atoms with Crippen LogP contribution in [0.15, 0.2) is 58.9 Å². The number of thiophene rings is 1. The Balaban J connectivity index is 1.47. The molecule has 35 heavy (non-hydrogen) atoms. The quantitative estimate of drug-likeness (QED) is 0.432. The third-order valence-electron chi connectivity index (χ3n) is 6.26. The Bertz CT molecular complexity index is 1290. The number of aryl methyl sites for hydroxylation is 1. The summed E-state index contributed by atoms with van der Waals surface area (Å²) in [5.74, 6) is 1.44. The van der Waals surface area contributed by atoms with Crippen molar-refractivity contribution in [2.75, 3.05) is 19.6 Å². The minimum Gasteiger partial charge on any atom is -0.454 e. The maximum atomic E-state index is 13.4. The van der Waals surface area contributed by atoms with Crippen LogP contribution in [0.1, 0.15) is 28.5 Å². The molecule has 1 atom stereocenters. The van der Waals surface area contributed by atoms with Crippen molar-refractivity contribution < 1.29 is 22.7 Å². The largest absolute Gasteiger partial charge is 0.454 e. The molecule has 0 radical (unpaired) electrons. The first-order valence-electron chi connectivity index (χ1n) is 11.3. The van der Waals surface area contributed by atoms with Gasteiger partial charge in [-0.1, -0.05) is 17.7 Å². The van der Waals surface area contributed by atoms with Crippen molar-refractivity contribution in [2.24, 2.45) is 4.99 Å². The lowest BCUT2D eigenvalue weighted by Crippen LogP contribution is -2.55. The van der Waals surface area contributed by atoms with Gasteiger partial charge in [-0.05, 0) is 55.6 Å². The number of ether oxygens (including phenoxy) is 1. The smallest absolute Gasteiger partial charge is 0.416 e. The van der Waals surface area contributed by atoms with Crippen molar-refractivity contribution in [3.63, 3.8) is 0 Å². The maximum absolute atomic E-state index is 13.4. The summed E-state index contributed by atoms with van der Waals surface area (Å²) in [6, 6.07) is 12.8. The molecule has 182 valence electrons. The van der Waals surface area contributed by atoms with Gasteiger partial charge in [0.05, 0.1) is 17.5 Å². The Kier molecular flexibility index (Phi) is 6.04. The molecule has 3 heterocycles. The van der Waals surface area contributed by atoms with Gasteiger partial charge in [0.2, 0.25) is 5.91 Å². The zero-order chi connectivity index (χ0) is 24.7. The highest BCUT2D eigenvalue weighted by molar-refractivity contribution is 7.10. The topological polar surface area (TPSA) is 45.1 Å². The van der Waals surface area contributed by atoms with Crippen molar-refractivity contribution in [3.8, 4) is 11.5 Å². The fourth-order valence-electron chi connectivity index (χ4n) is 4.49. The van der Waals surface area contributed by atoms with Crippen molar-refractivity contribution in [3.05, 3.63) is 75.5 Å². The summed E-state index contributed by atoms with van der Waals surface area (Å²) in [6.07, 6.45) is -4.12. The standard InChI is InChI=1S/C26H24F3N3O2S/c1-16-5-7-22-20(12-16)25(30-21-13-18(26(27,28)29)6-8-23(21)34-22)31-9-10-32(17(2)15-31)24(33)14-19-4-3-11-35-19/h3-8,11-13,17H,9-10,14-15H2,1-2H3/t17-/m0/s1. The van der Waals surface area contributed by atoms with Crippen molar-refractivity contribution in [1.82, 2.24) is 9.80 Å². The summed E-state index contributed by atoms with van der Waals surface area (Å²) >= 11 is 1.56. The van der Waals surface area contributed by atoms with E-state index in [4.69, 9.17) is 9.73 Å². The fraction of sp³-hybridized carbons (Fsp3) is 0.308. The van der Waals surface area contributed by atoms with E-state index in [1.165, 1.54) is 6.07 Å². The third kappa shape index (κ3) is 4.77. The molecule has 2 aromatic carbocycles. The van der Waals surface area contributed by atoms with Gasteiger partial charge in [0.15, 0.2) is 5.75 Å². The van der Waals surface area contributed by atoms with E-state index in [0.717, 1.165) is 28.1 Å². The number of carbonyl (C=O) groups excluding carboxylic acids is 1. The molecule has 1 fully saturated rings. The molecular weight excluding hydrogens is 475 g/mol. The lowest BCUT2D eigenvalue weighted by Gasteiger charge is -2.41. The third-order valence-corrected chi connectivity index (χ3v) is 7.14. The number of carbonyl (C=O) groups is 1. The van der Waals surface area contributed by atoms with Crippen LogP contribution in [-0.2, 0) is 17.4 Å². The number of halogens is 3. The zero-order valence-electron chi connectivity index (χ0n) is 19.3. The molecular formula is C26H24F3N3O2S. The lowest BCUT2D eigenvalue weighted by molar-refractivity contribution is -0.137. The molecule has 9 heteroatoms. The molecule has 5 nitrogen and oxygen atoms in total. The second kappa shape index (κ2) is 9.03. The highest BCUT2D eigenvalue weighted by Gasteiger charge is 2.34. The number of alkyl halides is 3. The second-order valence-electron chi connectivity index (χ2n) is 8.86. The van der Waals surface area contributed by atoms with E-state index < -0.39 is 11.7 Å². The van der Waals surface area contributed by atoms with Crippen molar-refractivity contribution in [1.29, 1.82) is 0 Å². The predicted octanol–water partition coefficient (Wildman–Crippen LogP) is 6.03. The molecule has 0 N–H and O–H groups in total. The first kappa shape index (κ1) is 23.4. The van der Waals surface area contributed by atoms with E-state index in [1.807, 2.05) is 59.4 Å². The average Bonchev–Trinajstić information content (AvgIpc) is 3.25. The summed E-state index contributed by atoms with van der Waals surface area (Å²) in [6.45, 7) is 5.46. The normalized spacial score (nSPS) is 17.7. The van der Waals surface area contributed by atoms with E-state index in [2.05, 4.69) is 0 Å². The van der Waals surface area contributed by atoms with Gasteiger partial charge in [-0.2, -0.15) is 13.2 Å². The first-order chi connectivity index (χ1) is 16.7. The molecule has 2 aliphatic heterocycles. The number of hydrogen-bond donors (Lipinski definition) is 0. The molecule has 1 amide bonds. The van der Waals surface area contributed by atoms with Crippen molar-refractivity contribution >= 4 is 28.8 Å². The number of amidine groups is 1. The van der Waals surface area contributed by atoms with Gasteiger partial charge in [0, 0.05) is 30.6 Å². The molecule has 0 saturated carbocycles. The van der Waals surface area contributed by atoms with E-state index >= 15 is 0 Å². The highest BCUT2D eigenvalue weighted by atomic mass is 32.1. The average molecular weight is 500 g/mol. The van der Waals surface area contributed by atoms with E-state index in [-0.39, 0.29) is 23.4 Å². The number of aliphatic imine (C=N–C) groups is 1. The zero-order valence-corrected chi connectivity index (χ0v) is 20.1. The summed E-state index contributed by atoms with van der Waals surface area (Å²) < 4.78 is 46.2. The van der Waals surface area contributed by atoms with Crippen molar-refractivity contribution in [2.45, 2.75) is 32.5 Å². The van der Waals surface area contributed by atoms with E-state index in [9.17, 15) is 18.0 Å². The lowest BCUT2D eigenvalue weighted by atomic mass is 10.1. The summed E-state index contributed by atoms with van der Waals surface area (Å²) in [7, 11) is 0. The molecule has 0 bridgehead atoms. The summed E-state index contributed by atoms with van der Waals surface area (Å²) in [4.78, 5) is 22.5. The molecule has 1 saturated heterocycles. The Labute approximate surface area is 205 Å². The van der Waals surface area contributed by atoms with E-state index in [0.29, 0.717) is 37.6 Å². The molecule has 1 aromatic heterocycles. The SMILES string of the molecule is Cc1ccc2c(c1)C(N1CCN(C(=O)Cc3cccs3)[C@@H](C)C1)=Nc1cc(C(F)(F)F)ccc1O2. The van der Waals surface area contributed by atoms with Crippen LogP contribution in [-0.4, -0.2) is 47.2 Å². The van der Waals surface area contributed by atoms with Crippen LogP contribution in [0.25, 0.3) is 0 Å². The van der Waals surface area contributed by atoms with Crippen LogP contribution >= 0.6 is 11.3 Å². The van der Waals surface area contributed by atoms with Crippen LogP contribution in [0.2, 0.25) is 0 Å². The number of nitrogens with zero attached hydrogens (tertiary/aromatic N) is 3. The summed E-state index contributed by atoms with van der Waals surface area (Å²) in [5.41, 5.74) is 1.06. The molecule has 5 rings (SSSR count). The minimum atomic E-state index is -4.48. The highest BCUT2D eigenvalue weighted by Crippen LogP contribution is 2.42. The van der Waals surface area contributed by atoms with Gasteiger partial charge < -0.3 is 14.5 Å². The van der Waals surface area contributed by atoms with Gasteiger partial charge in [-0.3, -0.25) is 4.79 Å². The second-order valence-corrected chi connectivity index (χ2v) is 9.89. The van der Waals surface area contributed by atoms with Crippen LogP contribution in [0.4, 0.5) is 18.9 Å². The molecule has 0 spiro atoms. The molecule has 0 unspecified atom stereocenters. The van der Waals surface area contributed by atoms with Gasteiger partial charge in [0.1, 0.15) is 17.3 Å². The molecule has 0 aliphatic carbocycles. The Morgan fingerprint density at radius 2 is 1.94 bits per heavy atom. The fourth-order valence-corrected chi connectivity index (χ4v) is 5.19. The first-order valence-corrected chi connectivity index (χ1v) is 12.2. The molecule has 2 aliphatic rings. The predicted molar refractivity (Wildman–Crippen MR) is 130 cm³/mol. The number of fused-ring (bicyclic) bond motifs is 2. The Morgan fingerprint density at radius 3 is 2.66 bits per heavy atom. The van der Waals surface area contributed by atoms with Gasteiger partial charge in [-0.25, -0.2) is 4.99 Å². The van der Waals surface area contributed by atoms with Crippen LogP contribution in [0, 0.1) is 6.92 Å². The molecule has 3 aromatic rings. The number of hydrogen-bond acceptors (Lipinski definition) is 5. The van der Waals surface area contributed by atoms with Gasteiger partial charge >= 0.3 is 6.18 Å². The summed E-state index contributed by atoms with van der Waals surface area (Å²) in [5, 5.41) is 1.96.